The summed E-state index contributed by atoms with van der Waals surface area (Å²) in [5.41, 5.74) is 3.19. The zero-order valence-electron chi connectivity index (χ0n) is 13.7. The molecule has 0 bridgehead atoms. The van der Waals surface area contributed by atoms with E-state index in [0.717, 1.165) is 32.1 Å². The summed E-state index contributed by atoms with van der Waals surface area (Å²) < 4.78 is 8.20. The molecule has 0 amide bonds. The maximum absolute atomic E-state index is 5.46. The van der Waals surface area contributed by atoms with E-state index < -0.39 is 0 Å². The molecule has 3 heterocycles. The Balaban J connectivity index is 1.79. The summed E-state index contributed by atoms with van der Waals surface area (Å²) in [5, 5.41) is 19.5. The first kappa shape index (κ1) is 15.2. The van der Waals surface area contributed by atoms with Crippen molar-refractivity contribution in [2.24, 2.45) is 0 Å². The molecular formula is C19H12BrN5O. The third-order valence-corrected chi connectivity index (χ3v) is 4.83. The van der Waals surface area contributed by atoms with Crippen LogP contribution < -0.4 is 0 Å². The van der Waals surface area contributed by atoms with Crippen molar-refractivity contribution in [1.82, 2.24) is 25.0 Å². The number of aromatic nitrogens is 5. The van der Waals surface area contributed by atoms with Crippen molar-refractivity contribution in [1.29, 1.82) is 0 Å². The van der Waals surface area contributed by atoms with Gasteiger partial charge in [0.25, 0.3) is 0 Å². The molecule has 0 aliphatic rings. The standard InChI is InChI=1S/C19H12BrN5O/c1-11-16(17(24-26-11)12-5-3-2-4-6-12)19-23-22-18-15-8-7-14(20)9-13(15)10-21-25(18)19/h2-10H,1H3. The molecule has 6 nitrogen and oxygen atoms in total. The highest BCUT2D eigenvalue weighted by Crippen LogP contribution is 2.34. The Kier molecular flexibility index (Phi) is 3.36. The van der Waals surface area contributed by atoms with Gasteiger partial charge >= 0.3 is 0 Å². The smallest absolute Gasteiger partial charge is 0.191 e. The second kappa shape index (κ2) is 5.74. The van der Waals surface area contributed by atoms with Crippen LogP contribution in [-0.2, 0) is 0 Å². The average Bonchev–Trinajstić information content (AvgIpc) is 3.25. The van der Waals surface area contributed by atoms with Crippen molar-refractivity contribution in [3.05, 3.63) is 65.0 Å². The summed E-state index contributed by atoms with van der Waals surface area (Å²) in [6, 6.07) is 15.9. The number of nitrogens with zero attached hydrogens (tertiary/aromatic N) is 5. The second-order valence-corrected chi connectivity index (χ2v) is 6.88. The fraction of sp³-hybridized carbons (Fsp3) is 0.0526. The number of halogens is 1. The molecule has 0 aliphatic heterocycles. The van der Waals surface area contributed by atoms with E-state index in [9.17, 15) is 0 Å². The summed E-state index contributed by atoms with van der Waals surface area (Å²) in [6.07, 6.45) is 1.81. The summed E-state index contributed by atoms with van der Waals surface area (Å²) in [6.45, 7) is 1.87. The van der Waals surface area contributed by atoms with Crippen LogP contribution in [0, 0.1) is 6.92 Å². The van der Waals surface area contributed by atoms with Gasteiger partial charge in [0.1, 0.15) is 11.5 Å². The monoisotopic (exact) mass is 405 g/mol. The second-order valence-electron chi connectivity index (χ2n) is 5.96. The van der Waals surface area contributed by atoms with E-state index in [0.29, 0.717) is 17.2 Å². The molecule has 126 valence electrons. The first-order valence-corrected chi connectivity index (χ1v) is 8.83. The number of aryl methyl sites for hydroxylation is 1. The molecule has 0 spiro atoms. The van der Waals surface area contributed by atoms with Gasteiger partial charge < -0.3 is 4.52 Å². The molecule has 0 saturated heterocycles. The van der Waals surface area contributed by atoms with Crippen molar-refractivity contribution < 1.29 is 4.52 Å². The molecule has 0 unspecified atom stereocenters. The number of hydrogen-bond acceptors (Lipinski definition) is 5. The Labute approximate surface area is 156 Å². The lowest BCUT2D eigenvalue weighted by Gasteiger charge is -2.03. The van der Waals surface area contributed by atoms with Gasteiger partial charge in [-0.3, -0.25) is 0 Å². The van der Waals surface area contributed by atoms with Gasteiger partial charge in [-0.1, -0.05) is 51.4 Å². The van der Waals surface area contributed by atoms with E-state index in [1.54, 1.807) is 4.52 Å². The van der Waals surface area contributed by atoms with E-state index >= 15 is 0 Å². The number of benzene rings is 2. The summed E-state index contributed by atoms with van der Waals surface area (Å²) in [7, 11) is 0. The lowest BCUT2D eigenvalue weighted by Crippen LogP contribution is -1.96. The van der Waals surface area contributed by atoms with Crippen LogP contribution in [0.25, 0.3) is 39.1 Å². The van der Waals surface area contributed by atoms with E-state index in [-0.39, 0.29) is 0 Å². The number of hydrogen-bond donors (Lipinski definition) is 0. The van der Waals surface area contributed by atoms with Crippen molar-refractivity contribution >= 4 is 32.3 Å². The molecule has 2 aromatic carbocycles. The lowest BCUT2D eigenvalue weighted by atomic mass is 10.1. The fourth-order valence-electron chi connectivity index (χ4n) is 3.11. The van der Waals surface area contributed by atoms with Crippen LogP contribution in [0.4, 0.5) is 0 Å². The molecule has 5 aromatic rings. The Morgan fingerprint density at radius 1 is 1.04 bits per heavy atom. The highest BCUT2D eigenvalue weighted by molar-refractivity contribution is 9.10. The van der Waals surface area contributed by atoms with Gasteiger partial charge in [0.15, 0.2) is 11.5 Å². The molecule has 3 aromatic heterocycles. The van der Waals surface area contributed by atoms with E-state index in [1.165, 1.54) is 0 Å². The summed E-state index contributed by atoms with van der Waals surface area (Å²) >= 11 is 3.49. The largest absolute Gasteiger partial charge is 0.360 e. The Bertz CT molecular complexity index is 1260. The van der Waals surface area contributed by atoms with Crippen LogP contribution in [-0.4, -0.2) is 25.0 Å². The minimum Gasteiger partial charge on any atom is -0.360 e. The summed E-state index contributed by atoms with van der Waals surface area (Å²) in [4.78, 5) is 0. The molecule has 26 heavy (non-hydrogen) atoms. The Morgan fingerprint density at radius 2 is 1.88 bits per heavy atom. The van der Waals surface area contributed by atoms with E-state index in [2.05, 4.69) is 36.4 Å². The van der Waals surface area contributed by atoms with Gasteiger partial charge in [0.05, 0.1) is 11.8 Å². The van der Waals surface area contributed by atoms with Gasteiger partial charge in [0.2, 0.25) is 0 Å². The van der Waals surface area contributed by atoms with Crippen molar-refractivity contribution in [3.63, 3.8) is 0 Å². The van der Waals surface area contributed by atoms with Crippen molar-refractivity contribution in [3.8, 4) is 22.6 Å². The van der Waals surface area contributed by atoms with Crippen molar-refractivity contribution in [2.75, 3.05) is 0 Å². The maximum Gasteiger partial charge on any atom is 0.191 e. The molecular weight excluding hydrogens is 394 g/mol. The highest BCUT2D eigenvalue weighted by atomic mass is 79.9. The van der Waals surface area contributed by atoms with Crippen LogP contribution >= 0.6 is 15.9 Å². The Morgan fingerprint density at radius 3 is 2.73 bits per heavy atom. The van der Waals surface area contributed by atoms with Crippen LogP contribution in [0.1, 0.15) is 5.76 Å². The van der Waals surface area contributed by atoms with E-state index in [4.69, 9.17) is 4.52 Å². The van der Waals surface area contributed by atoms with Crippen LogP contribution in [0.2, 0.25) is 0 Å². The topological polar surface area (TPSA) is 69.1 Å². The quantitative estimate of drug-likeness (QED) is 0.426. The van der Waals surface area contributed by atoms with Gasteiger partial charge in [-0.2, -0.15) is 9.61 Å². The highest BCUT2D eigenvalue weighted by Gasteiger charge is 2.22. The Hall–Kier alpha value is -3.06. The minimum atomic E-state index is 0.613. The van der Waals surface area contributed by atoms with Crippen LogP contribution in [0.5, 0.6) is 0 Å². The third kappa shape index (κ3) is 2.24. The molecule has 0 atom stereocenters. The molecule has 0 radical (unpaired) electrons. The first-order chi connectivity index (χ1) is 12.7. The van der Waals surface area contributed by atoms with Crippen LogP contribution in [0.3, 0.4) is 0 Å². The predicted octanol–water partition coefficient (Wildman–Crippen LogP) is 4.67. The van der Waals surface area contributed by atoms with Crippen molar-refractivity contribution in [2.45, 2.75) is 6.92 Å². The predicted molar refractivity (Wildman–Crippen MR) is 102 cm³/mol. The zero-order chi connectivity index (χ0) is 17.7. The van der Waals surface area contributed by atoms with Gasteiger partial charge in [-0.15, -0.1) is 10.2 Å². The molecule has 5 rings (SSSR count). The SMILES string of the molecule is Cc1onc(-c2ccccc2)c1-c1nnc2c3ccc(Br)cc3cnn12. The average molecular weight is 406 g/mol. The fourth-order valence-corrected chi connectivity index (χ4v) is 3.48. The van der Waals surface area contributed by atoms with E-state index in [1.807, 2.05) is 61.7 Å². The maximum atomic E-state index is 5.46. The number of rotatable bonds is 2. The molecule has 7 heteroatoms. The normalized spacial score (nSPS) is 11.5. The molecule has 0 fully saturated rings. The zero-order valence-corrected chi connectivity index (χ0v) is 15.3. The summed E-state index contributed by atoms with van der Waals surface area (Å²) in [5.74, 6) is 1.29. The van der Waals surface area contributed by atoms with Crippen LogP contribution in [0.15, 0.2) is 63.7 Å². The molecule has 0 N–H and O–H groups in total. The van der Waals surface area contributed by atoms with Gasteiger partial charge in [0, 0.05) is 20.8 Å². The van der Waals surface area contributed by atoms with Gasteiger partial charge in [-0.05, 0) is 25.1 Å². The van der Waals surface area contributed by atoms with Gasteiger partial charge in [-0.25, -0.2) is 0 Å². The first-order valence-electron chi connectivity index (χ1n) is 8.04. The number of fused-ring (bicyclic) bond motifs is 3. The molecule has 0 saturated carbocycles. The lowest BCUT2D eigenvalue weighted by molar-refractivity contribution is 0.400. The molecule has 0 aliphatic carbocycles. The third-order valence-electron chi connectivity index (χ3n) is 4.34. The minimum absolute atomic E-state index is 0.613.